The molecule has 1 atom stereocenters. The van der Waals surface area contributed by atoms with Gasteiger partial charge < -0.3 is 9.47 Å². The number of esters is 1. The average Bonchev–Trinajstić information content (AvgIpc) is 3.07. The number of benzene rings is 3. The molecule has 3 aromatic carbocycles. The van der Waals surface area contributed by atoms with E-state index < -0.39 is 70.5 Å². The molecular weight excluding hydrogens is 747 g/mol. The van der Waals surface area contributed by atoms with Crippen LogP contribution in [0.25, 0.3) is 11.1 Å². The molecule has 0 aliphatic heterocycles. The number of ether oxygens (including phenoxy) is 3. The summed E-state index contributed by atoms with van der Waals surface area (Å²) in [5, 5.41) is 0. The molecule has 0 N–H and O–H groups in total. The lowest BCUT2D eigenvalue weighted by Gasteiger charge is -2.34. The second-order valence-corrected chi connectivity index (χ2v) is 11.7. The molecule has 0 saturated heterocycles. The Hall–Kier alpha value is -4.35. The molecule has 0 amide bonds. The second kappa shape index (κ2) is 17.2. The maximum absolute atomic E-state index is 14.9. The molecule has 0 aliphatic carbocycles. The van der Waals surface area contributed by atoms with Crippen molar-refractivity contribution in [3.63, 3.8) is 0 Å². The first-order valence-corrected chi connectivity index (χ1v) is 15.9. The minimum Gasteiger partial charge on any atom is -0.494 e. The molecule has 0 heterocycles. The van der Waals surface area contributed by atoms with Crippen molar-refractivity contribution in [1.82, 2.24) is 0 Å². The third kappa shape index (κ3) is 10.4. The zero-order chi connectivity index (χ0) is 39.8. The smallest absolute Gasteiger partial charge is 0.462 e. The van der Waals surface area contributed by atoms with E-state index in [9.17, 15) is 66.7 Å². The molecule has 0 radical (unpaired) electrons. The van der Waals surface area contributed by atoms with Crippen molar-refractivity contribution in [2.24, 2.45) is 0 Å². The Labute approximate surface area is 294 Å². The van der Waals surface area contributed by atoms with Crippen LogP contribution in [-0.4, -0.2) is 48.6 Å². The Morgan fingerprint density at radius 1 is 0.623 bits per heavy atom. The molecule has 1 unspecified atom stereocenters. The first kappa shape index (κ1) is 43.1. The van der Waals surface area contributed by atoms with Crippen molar-refractivity contribution in [2.75, 3.05) is 6.61 Å². The summed E-state index contributed by atoms with van der Waals surface area (Å²) in [5.41, 5.74) is -2.81. The Bertz CT molecular complexity index is 1710. The predicted molar refractivity (Wildman–Crippen MR) is 163 cm³/mol. The lowest BCUT2D eigenvalue weighted by Crippen LogP contribution is -2.61. The van der Waals surface area contributed by atoms with Gasteiger partial charge in [0.2, 0.25) is 5.78 Å². The molecule has 0 spiro atoms. The van der Waals surface area contributed by atoms with E-state index in [0.29, 0.717) is 24.5 Å². The molecule has 0 fully saturated rings. The van der Waals surface area contributed by atoms with E-state index in [2.05, 4.69) is 11.7 Å². The normalized spacial score (nSPS) is 13.8. The molecule has 0 bridgehead atoms. The fourth-order valence-corrected chi connectivity index (χ4v) is 4.73. The van der Waals surface area contributed by atoms with Crippen LogP contribution in [0.2, 0.25) is 0 Å². The minimum atomic E-state index is -7.43. The summed E-state index contributed by atoms with van der Waals surface area (Å²) in [5.74, 6) is -22.0. The molecule has 3 rings (SSSR count). The van der Waals surface area contributed by atoms with Gasteiger partial charge in [0.05, 0.1) is 17.7 Å². The van der Waals surface area contributed by atoms with E-state index in [1.807, 2.05) is 0 Å². The van der Waals surface area contributed by atoms with Crippen LogP contribution < -0.4 is 9.47 Å². The Balaban J connectivity index is 1.68. The lowest BCUT2D eigenvalue weighted by molar-refractivity contribution is -0.470. The number of halogens is 13. The maximum Gasteiger partial charge on any atom is 0.462 e. The number of Topliss-reactive ketones (excluding diaryl/α,β-unsaturated/α-hetero) is 1. The summed E-state index contributed by atoms with van der Waals surface area (Å²) >= 11 is 0. The molecule has 3 aromatic rings. The lowest BCUT2D eigenvalue weighted by atomic mass is 9.98. The summed E-state index contributed by atoms with van der Waals surface area (Å²) in [6, 6.07) is 8.99. The van der Waals surface area contributed by atoms with Crippen LogP contribution in [0.15, 0.2) is 60.7 Å². The standard InChI is InChI=1S/C35H31F13O5/c1-2-3-4-5-6-7-8-9-18-51-24-14-10-21(11-15-24)30(50)52-28-17-13-23(20-27(28)37)22-12-16-25(26(36)19-22)29(49)31(38,33(41,42)43)53-35(47,48)32(39,40)34(44,45)46/h10-17,19-20H,2-9,18H2,1H3. The first-order chi connectivity index (χ1) is 24.6. The number of hydrogen-bond acceptors (Lipinski definition) is 5. The van der Waals surface area contributed by atoms with Crippen molar-refractivity contribution in [3.05, 3.63) is 83.4 Å². The average molecular weight is 779 g/mol. The number of hydrogen-bond donors (Lipinski definition) is 0. The number of carbonyl (C=O) groups is 2. The van der Waals surface area contributed by atoms with Gasteiger partial charge in [0, 0.05) is 0 Å². The van der Waals surface area contributed by atoms with E-state index >= 15 is 0 Å². The first-order valence-electron chi connectivity index (χ1n) is 15.9. The summed E-state index contributed by atoms with van der Waals surface area (Å²) in [4.78, 5) is 24.8. The topological polar surface area (TPSA) is 61.8 Å². The van der Waals surface area contributed by atoms with Gasteiger partial charge in [0.1, 0.15) is 11.6 Å². The van der Waals surface area contributed by atoms with Crippen molar-refractivity contribution in [3.8, 4) is 22.6 Å². The Morgan fingerprint density at radius 3 is 1.66 bits per heavy atom. The van der Waals surface area contributed by atoms with Crippen LogP contribution >= 0.6 is 0 Å². The molecule has 5 nitrogen and oxygen atoms in total. The zero-order valence-electron chi connectivity index (χ0n) is 27.6. The number of alkyl halides is 11. The Morgan fingerprint density at radius 2 is 1.15 bits per heavy atom. The molecule has 0 aromatic heterocycles. The van der Waals surface area contributed by atoms with Crippen LogP contribution in [0.3, 0.4) is 0 Å². The number of rotatable bonds is 18. The fourth-order valence-electron chi connectivity index (χ4n) is 4.73. The third-order valence-electron chi connectivity index (χ3n) is 7.69. The van der Waals surface area contributed by atoms with Crippen molar-refractivity contribution in [2.45, 2.75) is 88.5 Å². The van der Waals surface area contributed by atoms with Gasteiger partial charge in [-0.1, -0.05) is 64.0 Å². The van der Waals surface area contributed by atoms with Crippen LogP contribution in [0.4, 0.5) is 57.1 Å². The van der Waals surface area contributed by atoms with Gasteiger partial charge >= 0.3 is 36.2 Å². The zero-order valence-corrected chi connectivity index (χ0v) is 27.6. The summed E-state index contributed by atoms with van der Waals surface area (Å²) in [6.45, 7) is 2.61. The van der Waals surface area contributed by atoms with Crippen molar-refractivity contribution < 1.29 is 80.9 Å². The van der Waals surface area contributed by atoms with Crippen LogP contribution in [0.5, 0.6) is 11.5 Å². The summed E-state index contributed by atoms with van der Waals surface area (Å²) < 4.78 is 188. The maximum atomic E-state index is 14.9. The SMILES string of the molecule is CCCCCCCCCCOc1ccc(C(=O)Oc2ccc(-c3ccc(C(=O)C(F)(OC(F)(F)C(F)(F)C(F)(F)F)C(F)(F)F)c(F)c3)cc2F)cc1. The largest absolute Gasteiger partial charge is 0.494 e. The highest BCUT2D eigenvalue weighted by Crippen LogP contribution is 2.51. The number of carbonyl (C=O) groups excluding carboxylic acids is 2. The van der Waals surface area contributed by atoms with Gasteiger partial charge in [-0.15, -0.1) is 0 Å². The van der Waals surface area contributed by atoms with E-state index in [4.69, 9.17) is 9.47 Å². The monoisotopic (exact) mass is 778 g/mol. The van der Waals surface area contributed by atoms with Gasteiger partial charge in [0.25, 0.3) is 0 Å². The fraction of sp³-hybridized carbons (Fsp3) is 0.429. The quantitative estimate of drug-likeness (QED) is 0.0423. The Kier molecular flexibility index (Phi) is 14.0. The molecule has 0 aliphatic rings. The molecule has 18 heteroatoms. The van der Waals surface area contributed by atoms with E-state index in [1.54, 1.807) is 0 Å². The van der Waals surface area contributed by atoms with Crippen LogP contribution in [0.1, 0.15) is 79.0 Å². The van der Waals surface area contributed by atoms with Crippen molar-refractivity contribution in [1.29, 1.82) is 0 Å². The van der Waals surface area contributed by atoms with Gasteiger partial charge in [0.15, 0.2) is 11.6 Å². The third-order valence-corrected chi connectivity index (χ3v) is 7.69. The highest BCUT2D eigenvalue weighted by atomic mass is 19.4. The predicted octanol–water partition coefficient (Wildman–Crippen LogP) is 11.6. The van der Waals surface area contributed by atoms with E-state index in [-0.39, 0.29) is 23.3 Å². The molecule has 0 saturated carbocycles. The van der Waals surface area contributed by atoms with Crippen LogP contribution in [-0.2, 0) is 4.74 Å². The van der Waals surface area contributed by atoms with Gasteiger partial charge in [-0.2, -0.15) is 48.3 Å². The number of unbranched alkanes of at least 4 members (excludes halogenated alkanes) is 7. The van der Waals surface area contributed by atoms with Gasteiger partial charge in [-0.3, -0.25) is 9.53 Å². The molecule has 292 valence electrons. The number of ketones is 1. The molecular formula is C35H31F13O5. The molecule has 53 heavy (non-hydrogen) atoms. The van der Waals surface area contributed by atoms with Crippen molar-refractivity contribution >= 4 is 11.8 Å². The van der Waals surface area contributed by atoms with Gasteiger partial charge in [-0.05, 0) is 66.1 Å². The minimum absolute atomic E-state index is 0.00176. The highest BCUT2D eigenvalue weighted by molar-refractivity contribution is 6.02. The summed E-state index contributed by atoms with van der Waals surface area (Å²) in [6.07, 6.45) is -12.7. The van der Waals surface area contributed by atoms with Gasteiger partial charge in [-0.25, -0.2) is 13.6 Å². The second-order valence-electron chi connectivity index (χ2n) is 11.7. The van der Waals surface area contributed by atoms with E-state index in [1.165, 1.54) is 49.9 Å². The van der Waals surface area contributed by atoms with Crippen LogP contribution in [0, 0.1) is 11.6 Å². The highest BCUT2D eigenvalue weighted by Gasteiger charge is 2.79. The summed E-state index contributed by atoms with van der Waals surface area (Å²) in [7, 11) is 0. The van der Waals surface area contributed by atoms with E-state index in [0.717, 1.165) is 37.8 Å².